The van der Waals surface area contributed by atoms with Crippen molar-refractivity contribution in [1.29, 1.82) is 0 Å². The van der Waals surface area contributed by atoms with Crippen molar-refractivity contribution in [3.05, 3.63) is 68.1 Å². The number of hydrogen-bond acceptors (Lipinski definition) is 1. The fourth-order valence-corrected chi connectivity index (χ4v) is 3.19. The van der Waals surface area contributed by atoms with Gasteiger partial charge in [0, 0.05) is 8.95 Å². The number of rotatable bonds is 5. The maximum atomic E-state index is 3.64. The largest absolute Gasteiger partial charge is 0.306 e. The van der Waals surface area contributed by atoms with E-state index in [4.69, 9.17) is 0 Å². The first-order chi connectivity index (χ1) is 9.60. The van der Waals surface area contributed by atoms with Crippen molar-refractivity contribution >= 4 is 31.9 Å². The molecule has 3 heteroatoms. The minimum atomic E-state index is 0.235. The lowest BCUT2D eigenvalue weighted by Gasteiger charge is -2.20. The van der Waals surface area contributed by atoms with Crippen molar-refractivity contribution in [2.45, 2.75) is 26.3 Å². The lowest BCUT2D eigenvalue weighted by molar-refractivity contribution is 0.598. The number of nitrogens with one attached hydrogen (secondary N) is 1. The van der Waals surface area contributed by atoms with E-state index in [1.807, 2.05) is 0 Å². The lowest BCUT2D eigenvalue weighted by Crippen LogP contribution is -2.23. The SMILES string of the molecule is CCCNC(c1ccc(Br)cc1)c1cc(C)cc(Br)c1. The molecular formula is C17H19Br2N. The molecule has 0 saturated heterocycles. The number of benzene rings is 2. The first-order valence-electron chi connectivity index (χ1n) is 6.86. The summed E-state index contributed by atoms with van der Waals surface area (Å²) in [5.74, 6) is 0. The maximum absolute atomic E-state index is 3.64. The third kappa shape index (κ3) is 4.18. The summed E-state index contributed by atoms with van der Waals surface area (Å²) in [6.45, 7) is 5.33. The van der Waals surface area contributed by atoms with Crippen LogP contribution in [-0.2, 0) is 0 Å². The third-order valence-electron chi connectivity index (χ3n) is 3.20. The van der Waals surface area contributed by atoms with Gasteiger partial charge < -0.3 is 5.32 Å². The molecule has 2 aromatic rings. The highest BCUT2D eigenvalue weighted by Crippen LogP contribution is 2.27. The summed E-state index contributed by atoms with van der Waals surface area (Å²) in [5, 5.41) is 3.64. The molecule has 0 heterocycles. The summed E-state index contributed by atoms with van der Waals surface area (Å²) in [6, 6.07) is 15.4. The fourth-order valence-electron chi connectivity index (χ4n) is 2.30. The van der Waals surface area contributed by atoms with E-state index in [0.29, 0.717) is 0 Å². The van der Waals surface area contributed by atoms with Crippen molar-refractivity contribution in [1.82, 2.24) is 5.32 Å². The van der Waals surface area contributed by atoms with E-state index < -0.39 is 0 Å². The molecule has 0 fully saturated rings. The molecule has 1 nitrogen and oxygen atoms in total. The van der Waals surface area contributed by atoms with Gasteiger partial charge in [-0.15, -0.1) is 0 Å². The van der Waals surface area contributed by atoms with E-state index in [0.717, 1.165) is 21.9 Å². The van der Waals surface area contributed by atoms with Crippen molar-refractivity contribution in [3.63, 3.8) is 0 Å². The molecule has 2 rings (SSSR count). The topological polar surface area (TPSA) is 12.0 Å². The average Bonchev–Trinajstić information content (AvgIpc) is 2.40. The Bertz CT molecular complexity index is 543. The quantitative estimate of drug-likeness (QED) is 0.692. The average molecular weight is 397 g/mol. The molecule has 0 amide bonds. The fraction of sp³-hybridized carbons (Fsp3) is 0.294. The van der Waals surface area contributed by atoms with Crippen LogP contribution in [0.2, 0.25) is 0 Å². The molecule has 2 aromatic carbocycles. The molecule has 20 heavy (non-hydrogen) atoms. The normalized spacial score (nSPS) is 12.4. The highest BCUT2D eigenvalue weighted by atomic mass is 79.9. The number of hydrogen-bond donors (Lipinski definition) is 1. The van der Waals surface area contributed by atoms with Crippen LogP contribution in [0.4, 0.5) is 0 Å². The van der Waals surface area contributed by atoms with Gasteiger partial charge in [-0.3, -0.25) is 0 Å². The Morgan fingerprint density at radius 1 is 0.950 bits per heavy atom. The molecule has 0 radical (unpaired) electrons. The Hall–Kier alpha value is -0.640. The highest BCUT2D eigenvalue weighted by Gasteiger charge is 2.14. The van der Waals surface area contributed by atoms with Crippen molar-refractivity contribution < 1.29 is 0 Å². The summed E-state index contributed by atoms with van der Waals surface area (Å²) in [7, 11) is 0. The van der Waals surface area contributed by atoms with E-state index in [2.05, 4.69) is 93.5 Å². The van der Waals surface area contributed by atoms with E-state index in [1.165, 1.54) is 16.7 Å². The van der Waals surface area contributed by atoms with Crippen LogP contribution in [0.25, 0.3) is 0 Å². The molecule has 0 aromatic heterocycles. The highest BCUT2D eigenvalue weighted by molar-refractivity contribution is 9.10. The van der Waals surface area contributed by atoms with Crippen molar-refractivity contribution in [2.75, 3.05) is 6.54 Å². The smallest absolute Gasteiger partial charge is 0.0577 e. The van der Waals surface area contributed by atoms with E-state index >= 15 is 0 Å². The molecule has 1 N–H and O–H groups in total. The zero-order valence-corrected chi connectivity index (χ0v) is 15.0. The van der Waals surface area contributed by atoms with Gasteiger partial charge in [0.05, 0.1) is 6.04 Å². The molecule has 0 aliphatic carbocycles. The van der Waals surface area contributed by atoms with Crippen LogP contribution in [0, 0.1) is 6.92 Å². The zero-order valence-electron chi connectivity index (χ0n) is 11.8. The molecular weight excluding hydrogens is 378 g/mol. The Kier molecular flexibility index (Phi) is 5.82. The van der Waals surface area contributed by atoms with Gasteiger partial charge in [-0.2, -0.15) is 0 Å². The maximum Gasteiger partial charge on any atom is 0.0577 e. The number of halogens is 2. The van der Waals surface area contributed by atoms with Crippen LogP contribution in [0.3, 0.4) is 0 Å². The Labute approximate surface area is 138 Å². The predicted octanol–water partition coefficient (Wildman–Crippen LogP) is 5.61. The summed E-state index contributed by atoms with van der Waals surface area (Å²) in [5.41, 5.74) is 3.86. The van der Waals surface area contributed by atoms with Crippen LogP contribution in [0.1, 0.15) is 36.1 Å². The predicted molar refractivity (Wildman–Crippen MR) is 93.2 cm³/mol. The summed E-state index contributed by atoms with van der Waals surface area (Å²) >= 11 is 7.10. The zero-order chi connectivity index (χ0) is 14.5. The second-order valence-corrected chi connectivity index (χ2v) is 6.83. The monoisotopic (exact) mass is 395 g/mol. The summed E-state index contributed by atoms with van der Waals surface area (Å²) in [4.78, 5) is 0. The second-order valence-electron chi connectivity index (χ2n) is 5.00. The molecule has 106 valence electrons. The van der Waals surface area contributed by atoms with E-state index in [1.54, 1.807) is 0 Å². The molecule has 1 unspecified atom stereocenters. The standard InChI is InChI=1S/C17H19Br2N/c1-3-8-20-17(13-4-6-15(18)7-5-13)14-9-12(2)10-16(19)11-14/h4-7,9-11,17,20H,3,8H2,1-2H3. The van der Waals surface area contributed by atoms with Gasteiger partial charge in [0.1, 0.15) is 0 Å². The van der Waals surface area contributed by atoms with Gasteiger partial charge >= 0.3 is 0 Å². The summed E-state index contributed by atoms with van der Waals surface area (Å²) in [6.07, 6.45) is 1.13. The van der Waals surface area contributed by atoms with Gasteiger partial charge in [0.25, 0.3) is 0 Å². The minimum absolute atomic E-state index is 0.235. The second kappa shape index (κ2) is 7.39. The molecule has 0 aliphatic heterocycles. The van der Waals surface area contributed by atoms with Crippen molar-refractivity contribution in [2.24, 2.45) is 0 Å². The third-order valence-corrected chi connectivity index (χ3v) is 4.19. The van der Waals surface area contributed by atoms with Crippen LogP contribution in [0.5, 0.6) is 0 Å². The van der Waals surface area contributed by atoms with E-state index in [9.17, 15) is 0 Å². The molecule has 0 saturated carbocycles. The van der Waals surface area contributed by atoms with Gasteiger partial charge in [0.15, 0.2) is 0 Å². The summed E-state index contributed by atoms with van der Waals surface area (Å²) < 4.78 is 2.24. The van der Waals surface area contributed by atoms with Crippen molar-refractivity contribution in [3.8, 4) is 0 Å². The van der Waals surface area contributed by atoms with Gasteiger partial charge in [0.2, 0.25) is 0 Å². The molecule has 0 aliphatic rings. The first kappa shape index (κ1) is 15.7. The van der Waals surface area contributed by atoms with Crippen LogP contribution < -0.4 is 5.32 Å². The molecule has 0 bridgehead atoms. The van der Waals surface area contributed by atoms with Gasteiger partial charge in [-0.25, -0.2) is 0 Å². The van der Waals surface area contributed by atoms with E-state index in [-0.39, 0.29) is 6.04 Å². The van der Waals surface area contributed by atoms with Gasteiger partial charge in [-0.1, -0.05) is 57.0 Å². The molecule has 0 spiro atoms. The molecule has 1 atom stereocenters. The number of aryl methyl sites for hydroxylation is 1. The van der Waals surface area contributed by atoms with Gasteiger partial charge in [-0.05, 0) is 60.8 Å². The Morgan fingerprint density at radius 2 is 1.65 bits per heavy atom. The lowest BCUT2D eigenvalue weighted by atomic mass is 9.97. The minimum Gasteiger partial charge on any atom is -0.306 e. The first-order valence-corrected chi connectivity index (χ1v) is 8.44. The van der Waals surface area contributed by atoms with Crippen LogP contribution >= 0.6 is 31.9 Å². The van der Waals surface area contributed by atoms with Crippen LogP contribution in [-0.4, -0.2) is 6.54 Å². The van der Waals surface area contributed by atoms with Crippen LogP contribution in [0.15, 0.2) is 51.4 Å². The Balaban J connectivity index is 2.38. The Morgan fingerprint density at radius 3 is 2.25 bits per heavy atom.